The molecule has 1 atom stereocenters. The molecule has 1 amide bonds. The fraction of sp³-hybridized carbons (Fsp3) is 0.429. The minimum atomic E-state index is -0.0281. The average molecular weight is 303 g/mol. The molecule has 8 nitrogen and oxygen atoms in total. The van der Waals surface area contributed by atoms with Gasteiger partial charge in [-0.15, -0.1) is 5.10 Å². The number of aromatic nitrogens is 4. The molecule has 1 aliphatic rings. The lowest BCUT2D eigenvalue weighted by molar-refractivity contribution is -0.140. The smallest absolute Gasteiger partial charge is 0.260 e. The Hall–Kier alpha value is -2.48. The van der Waals surface area contributed by atoms with Crippen LogP contribution >= 0.6 is 0 Å². The number of hydrogen-bond acceptors (Lipinski definition) is 6. The SMILES string of the molecule is C[C@@H]1CN(C(=O)COc2ccc(-n3cnnn3)cc2)CCO1. The first-order valence-electron chi connectivity index (χ1n) is 7.08. The first kappa shape index (κ1) is 14.5. The van der Waals surface area contributed by atoms with Crippen LogP contribution < -0.4 is 4.74 Å². The van der Waals surface area contributed by atoms with E-state index in [4.69, 9.17) is 9.47 Å². The second-order valence-corrected chi connectivity index (χ2v) is 5.06. The number of carbonyl (C=O) groups excluding carboxylic acids is 1. The third kappa shape index (κ3) is 3.40. The molecule has 0 saturated carbocycles. The molecule has 2 aromatic rings. The van der Waals surface area contributed by atoms with Gasteiger partial charge in [-0.1, -0.05) is 0 Å². The van der Waals surface area contributed by atoms with E-state index in [0.29, 0.717) is 25.4 Å². The van der Waals surface area contributed by atoms with Gasteiger partial charge in [0.05, 0.1) is 18.4 Å². The Morgan fingerprint density at radius 2 is 2.23 bits per heavy atom. The van der Waals surface area contributed by atoms with Crippen molar-refractivity contribution in [1.29, 1.82) is 0 Å². The Labute approximate surface area is 127 Å². The topological polar surface area (TPSA) is 82.4 Å². The van der Waals surface area contributed by atoms with Crippen molar-refractivity contribution in [1.82, 2.24) is 25.1 Å². The summed E-state index contributed by atoms with van der Waals surface area (Å²) in [7, 11) is 0. The highest BCUT2D eigenvalue weighted by Gasteiger charge is 2.21. The lowest BCUT2D eigenvalue weighted by atomic mass is 10.3. The highest BCUT2D eigenvalue weighted by atomic mass is 16.5. The molecule has 0 radical (unpaired) electrons. The minimum Gasteiger partial charge on any atom is -0.484 e. The molecular formula is C14H17N5O3. The normalized spacial score (nSPS) is 18.2. The molecule has 2 heterocycles. The van der Waals surface area contributed by atoms with E-state index in [1.807, 2.05) is 19.1 Å². The van der Waals surface area contributed by atoms with Gasteiger partial charge in [-0.25, -0.2) is 4.68 Å². The Morgan fingerprint density at radius 3 is 2.91 bits per heavy atom. The molecule has 1 aromatic carbocycles. The number of rotatable bonds is 4. The summed E-state index contributed by atoms with van der Waals surface area (Å²) in [6.45, 7) is 3.79. The Kier molecular flexibility index (Phi) is 4.29. The van der Waals surface area contributed by atoms with E-state index in [0.717, 1.165) is 5.69 Å². The molecule has 1 saturated heterocycles. The van der Waals surface area contributed by atoms with Crippen molar-refractivity contribution in [3.8, 4) is 11.4 Å². The van der Waals surface area contributed by atoms with Gasteiger partial charge in [0.25, 0.3) is 5.91 Å². The highest BCUT2D eigenvalue weighted by molar-refractivity contribution is 5.77. The van der Waals surface area contributed by atoms with Gasteiger partial charge in [-0.2, -0.15) is 0 Å². The van der Waals surface area contributed by atoms with Crippen LogP contribution in [0.15, 0.2) is 30.6 Å². The Balaban J connectivity index is 1.54. The monoisotopic (exact) mass is 303 g/mol. The first-order valence-corrected chi connectivity index (χ1v) is 7.08. The molecule has 0 bridgehead atoms. The third-order valence-electron chi connectivity index (χ3n) is 3.41. The van der Waals surface area contributed by atoms with Gasteiger partial charge in [0.2, 0.25) is 0 Å². The molecule has 116 valence electrons. The van der Waals surface area contributed by atoms with E-state index in [-0.39, 0.29) is 18.6 Å². The predicted molar refractivity (Wildman–Crippen MR) is 76.6 cm³/mol. The largest absolute Gasteiger partial charge is 0.484 e. The van der Waals surface area contributed by atoms with Crippen LogP contribution in [0, 0.1) is 0 Å². The van der Waals surface area contributed by atoms with Crippen molar-refractivity contribution < 1.29 is 14.3 Å². The summed E-state index contributed by atoms with van der Waals surface area (Å²) in [5.41, 5.74) is 0.825. The molecule has 1 aromatic heterocycles. The molecule has 0 N–H and O–H groups in total. The highest BCUT2D eigenvalue weighted by Crippen LogP contribution is 2.14. The zero-order valence-corrected chi connectivity index (χ0v) is 12.3. The summed E-state index contributed by atoms with van der Waals surface area (Å²) < 4.78 is 12.5. The van der Waals surface area contributed by atoms with Crippen molar-refractivity contribution in [3.63, 3.8) is 0 Å². The summed E-state index contributed by atoms with van der Waals surface area (Å²) in [4.78, 5) is 13.9. The number of amides is 1. The second-order valence-electron chi connectivity index (χ2n) is 5.06. The summed E-state index contributed by atoms with van der Waals surface area (Å²) in [5, 5.41) is 11.0. The van der Waals surface area contributed by atoms with E-state index in [1.54, 1.807) is 21.7 Å². The van der Waals surface area contributed by atoms with Gasteiger partial charge in [0.15, 0.2) is 6.61 Å². The van der Waals surface area contributed by atoms with Crippen molar-refractivity contribution in [2.45, 2.75) is 13.0 Å². The maximum Gasteiger partial charge on any atom is 0.260 e. The van der Waals surface area contributed by atoms with E-state index in [9.17, 15) is 4.79 Å². The average Bonchev–Trinajstić information content (AvgIpc) is 3.07. The maximum atomic E-state index is 12.1. The molecule has 3 rings (SSSR count). The van der Waals surface area contributed by atoms with Gasteiger partial charge in [-0.05, 0) is 41.6 Å². The van der Waals surface area contributed by atoms with E-state index in [1.165, 1.54) is 6.33 Å². The molecule has 0 spiro atoms. The molecule has 22 heavy (non-hydrogen) atoms. The van der Waals surface area contributed by atoms with Crippen LogP contribution in [0.25, 0.3) is 5.69 Å². The van der Waals surface area contributed by atoms with Gasteiger partial charge < -0.3 is 14.4 Å². The second kappa shape index (κ2) is 6.52. The number of benzene rings is 1. The number of nitrogens with zero attached hydrogens (tertiary/aromatic N) is 5. The lowest BCUT2D eigenvalue weighted by Crippen LogP contribution is -2.46. The number of tetrazole rings is 1. The molecular weight excluding hydrogens is 286 g/mol. The molecule has 1 aliphatic heterocycles. The van der Waals surface area contributed by atoms with Crippen molar-refractivity contribution in [2.75, 3.05) is 26.3 Å². The number of carbonyl (C=O) groups is 1. The lowest BCUT2D eigenvalue weighted by Gasteiger charge is -2.31. The first-order chi connectivity index (χ1) is 10.7. The van der Waals surface area contributed by atoms with Crippen molar-refractivity contribution in [2.24, 2.45) is 0 Å². The van der Waals surface area contributed by atoms with Gasteiger partial charge in [-0.3, -0.25) is 4.79 Å². The van der Waals surface area contributed by atoms with Gasteiger partial charge in [0, 0.05) is 13.1 Å². The minimum absolute atomic E-state index is 0.0247. The van der Waals surface area contributed by atoms with Crippen LogP contribution in [0.5, 0.6) is 5.75 Å². The Morgan fingerprint density at radius 1 is 1.41 bits per heavy atom. The van der Waals surface area contributed by atoms with Crippen LogP contribution in [0.2, 0.25) is 0 Å². The van der Waals surface area contributed by atoms with Crippen LogP contribution in [0.3, 0.4) is 0 Å². The van der Waals surface area contributed by atoms with Gasteiger partial charge >= 0.3 is 0 Å². The molecule has 0 unspecified atom stereocenters. The standard InChI is InChI=1S/C14H17N5O3/c1-11-8-18(6-7-21-11)14(20)9-22-13-4-2-12(3-5-13)19-10-15-16-17-19/h2-5,10-11H,6-9H2,1H3/t11-/m1/s1. The van der Waals surface area contributed by atoms with Crippen molar-refractivity contribution >= 4 is 5.91 Å². The summed E-state index contributed by atoms with van der Waals surface area (Å²) in [5.74, 6) is 0.603. The number of hydrogen-bond donors (Lipinski definition) is 0. The molecule has 1 fully saturated rings. The molecule has 0 aliphatic carbocycles. The summed E-state index contributed by atoms with van der Waals surface area (Å²) >= 11 is 0. The summed E-state index contributed by atoms with van der Waals surface area (Å²) in [6.07, 6.45) is 1.59. The van der Waals surface area contributed by atoms with Gasteiger partial charge in [0.1, 0.15) is 12.1 Å². The predicted octanol–water partition coefficient (Wildman–Crippen LogP) is 0.288. The van der Waals surface area contributed by atoms with E-state index in [2.05, 4.69) is 15.5 Å². The van der Waals surface area contributed by atoms with E-state index >= 15 is 0 Å². The van der Waals surface area contributed by atoms with Crippen LogP contribution in [-0.4, -0.2) is 63.4 Å². The van der Waals surface area contributed by atoms with Crippen LogP contribution in [-0.2, 0) is 9.53 Å². The number of morpholine rings is 1. The summed E-state index contributed by atoms with van der Waals surface area (Å²) in [6, 6.07) is 7.22. The van der Waals surface area contributed by atoms with Crippen LogP contribution in [0.4, 0.5) is 0 Å². The fourth-order valence-electron chi connectivity index (χ4n) is 2.26. The quantitative estimate of drug-likeness (QED) is 0.807. The maximum absolute atomic E-state index is 12.1. The zero-order valence-electron chi connectivity index (χ0n) is 12.3. The van der Waals surface area contributed by atoms with Crippen LogP contribution in [0.1, 0.15) is 6.92 Å². The fourth-order valence-corrected chi connectivity index (χ4v) is 2.26. The number of ether oxygens (including phenoxy) is 2. The Bertz CT molecular complexity index is 614. The van der Waals surface area contributed by atoms with E-state index < -0.39 is 0 Å². The van der Waals surface area contributed by atoms with Crippen molar-refractivity contribution in [3.05, 3.63) is 30.6 Å². The third-order valence-corrected chi connectivity index (χ3v) is 3.41. The zero-order chi connectivity index (χ0) is 15.4. The molecule has 8 heteroatoms.